The van der Waals surface area contributed by atoms with Gasteiger partial charge < -0.3 is 9.47 Å². The van der Waals surface area contributed by atoms with E-state index in [9.17, 15) is 4.39 Å². The Hall–Kier alpha value is -3.51. The molecule has 136 valence electrons. The van der Waals surface area contributed by atoms with Crippen molar-refractivity contribution < 1.29 is 13.9 Å². The van der Waals surface area contributed by atoms with Crippen molar-refractivity contribution in [3.05, 3.63) is 58.6 Å². The van der Waals surface area contributed by atoms with Crippen LogP contribution in [0.3, 0.4) is 0 Å². The number of aromatic amines is 1. The van der Waals surface area contributed by atoms with Crippen molar-refractivity contribution in [3.63, 3.8) is 0 Å². The molecule has 3 aromatic rings. The number of rotatable bonds is 6. The summed E-state index contributed by atoms with van der Waals surface area (Å²) in [5.74, 6) is 1.05. The largest absolute Gasteiger partial charge is 0.493 e. The van der Waals surface area contributed by atoms with E-state index >= 15 is 0 Å². The van der Waals surface area contributed by atoms with E-state index in [0.717, 1.165) is 5.56 Å². The lowest BCUT2D eigenvalue weighted by Gasteiger charge is -2.08. The van der Waals surface area contributed by atoms with Gasteiger partial charge in [0.25, 0.3) is 0 Å². The highest BCUT2D eigenvalue weighted by molar-refractivity contribution is 7.71. The third-order valence-corrected chi connectivity index (χ3v) is 3.82. The Bertz CT molecular complexity index is 1070. The summed E-state index contributed by atoms with van der Waals surface area (Å²) in [5, 5.41) is 19.8. The Morgan fingerprint density at radius 3 is 2.78 bits per heavy atom. The summed E-state index contributed by atoms with van der Waals surface area (Å²) in [6.07, 6.45) is 1.58. The van der Waals surface area contributed by atoms with Gasteiger partial charge in [0.2, 0.25) is 4.77 Å². The van der Waals surface area contributed by atoms with Crippen LogP contribution in [0.25, 0.3) is 11.4 Å². The summed E-state index contributed by atoms with van der Waals surface area (Å²) < 4.78 is 25.4. The molecule has 0 bridgehead atoms. The number of hydrogen-bond donors (Lipinski definition) is 1. The maximum absolute atomic E-state index is 13.1. The van der Waals surface area contributed by atoms with Crippen LogP contribution in [0.4, 0.5) is 4.39 Å². The molecular weight excluding hydrogens is 369 g/mol. The average molecular weight is 383 g/mol. The first-order valence-electron chi connectivity index (χ1n) is 7.78. The van der Waals surface area contributed by atoms with Gasteiger partial charge in [-0.1, -0.05) is 0 Å². The normalized spacial score (nSPS) is 10.7. The zero-order valence-electron chi connectivity index (χ0n) is 14.2. The molecule has 0 spiro atoms. The van der Waals surface area contributed by atoms with E-state index in [4.69, 9.17) is 27.0 Å². The summed E-state index contributed by atoms with van der Waals surface area (Å²) in [6.45, 7) is -0.0744. The third-order valence-electron chi connectivity index (χ3n) is 3.56. The lowest BCUT2D eigenvalue weighted by atomic mass is 10.2. The molecule has 9 heteroatoms. The Morgan fingerprint density at radius 1 is 1.30 bits per heavy atom. The van der Waals surface area contributed by atoms with E-state index in [1.165, 1.54) is 23.9 Å². The number of H-pyrrole nitrogens is 1. The highest BCUT2D eigenvalue weighted by atomic mass is 32.1. The zero-order chi connectivity index (χ0) is 19.2. The maximum Gasteiger partial charge on any atom is 0.216 e. The van der Waals surface area contributed by atoms with Crippen molar-refractivity contribution >= 4 is 18.4 Å². The Kier molecular flexibility index (Phi) is 5.58. The molecule has 0 radical (unpaired) electrons. The van der Waals surface area contributed by atoms with Crippen molar-refractivity contribution in [2.75, 3.05) is 13.7 Å². The lowest BCUT2D eigenvalue weighted by Crippen LogP contribution is -1.98. The molecule has 0 aliphatic heterocycles. The fourth-order valence-corrected chi connectivity index (χ4v) is 2.48. The van der Waals surface area contributed by atoms with Crippen LogP contribution in [0, 0.1) is 21.9 Å². The second-order valence-corrected chi connectivity index (χ2v) is 5.66. The van der Waals surface area contributed by atoms with Crippen LogP contribution in [0.15, 0.2) is 47.6 Å². The molecular formula is C18H14FN5O2S. The molecule has 0 fully saturated rings. The van der Waals surface area contributed by atoms with Crippen molar-refractivity contribution in [2.24, 2.45) is 5.10 Å². The molecule has 0 saturated heterocycles. The maximum atomic E-state index is 13.1. The number of nitrogens with one attached hydrogen (secondary N) is 1. The van der Waals surface area contributed by atoms with Crippen LogP contribution in [0.1, 0.15) is 5.56 Å². The van der Waals surface area contributed by atoms with E-state index in [2.05, 4.69) is 15.3 Å². The van der Waals surface area contributed by atoms with Crippen LogP contribution in [0.5, 0.6) is 11.5 Å². The number of hydrogen-bond acceptors (Lipinski definition) is 6. The zero-order valence-corrected chi connectivity index (χ0v) is 15.0. The minimum absolute atomic E-state index is 0.0744. The minimum Gasteiger partial charge on any atom is -0.493 e. The van der Waals surface area contributed by atoms with Gasteiger partial charge in [-0.15, -0.1) is 0 Å². The fraction of sp³-hybridized carbons (Fsp3) is 0.111. The summed E-state index contributed by atoms with van der Waals surface area (Å²) >= 11 is 5.21. The van der Waals surface area contributed by atoms with Crippen LogP contribution >= 0.6 is 12.2 Å². The number of methoxy groups -OCH3 is 1. The predicted octanol–water partition coefficient (Wildman–Crippen LogP) is 3.54. The summed E-state index contributed by atoms with van der Waals surface area (Å²) in [7, 11) is 1.51. The SMILES string of the molecule is COc1cc(/C=N\n2c(-c3ccc(F)cc3)n[nH]c2=S)ccc1OCC#N. The molecule has 0 amide bonds. The number of aromatic nitrogens is 3. The van der Waals surface area contributed by atoms with Crippen molar-refractivity contribution in [1.29, 1.82) is 5.26 Å². The van der Waals surface area contributed by atoms with Crippen LogP contribution in [-0.4, -0.2) is 34.8 Å². The molecule has 7 nitrogen and oxygen atoms in total. The van der Waals surface area contributed by atoms with E-state index in [1.807, 2.05) is 6.07 Å². The molecule has 3 rings (SSSR count). The molecule has 0 unspecified atom stereocenters. The molecule has 1 heterocycles. The van der Waals surface area contributed by atoms with Gasteiger partial charge in [-0.2, -0.15) is 20.1 Å². The third kappa shape index (κ3) is 4.19. The molecule has 0 aliphatic rings. The summed E-state index contributed by atoms with van der Waals surface area (Å²) in [6, 6.07) is 12.9. The van der Waals surface area contributed by atoms with Crippen molar-refractivity contribution in [1.82, 2.24) is 14.9 Å². The van der Waals surface area contributed by atoms with Crippen LogP contribution < -0.4 is 9.47 Å². The Morgan fingerprint density at radius 2 is 2.07 bits per heavy atom. The number of ether oxygens (including phenoxy) is 2. The summed E-state index contributed by atoms with van der Waals surface area (Å²) in [4.78, 5) is 0. The standard InChI is InChI=1S/C18H14FN5O2S/c1-25-16-10-12(2-7-15(16)26-9-8-20)11-21-24-17(22-23-18(24)27)13-3-5-14(19)6-4-13/h2-7,10-11H,9H2,1H3,(H,23,27)/b21-11-. The highest BCUT2D eigenvalue weighted by Crippen LogP contribution is 2.27. The number of nitrogens with zero attached hydrogens (tertiary/aromatic N) is 4. The Balaban J connectivity index is 1.91. The van der Waals surface area contributed by atoms with Crippen molar-refractivity contribution in [2.45, 2.75) is 0 Å². The van der Waals surface area contributed by atoms with Gasteiger partial charge >= 0.3 is 0 Å². The van der Waals surface area contributed by atoms with Crippen LogP contribution in [-0.2, 0) is 0 Å². The number of benzene rings is 2. The molecule has 27 heavy (non-hydrogen) atoms. The first-order chi connectivity index (χ1) is 13.1. The molecule has 0 atom stereocenters. The molecule has 1 N–H and O–H groups in total. The monoisotopic (exact) mass is 383 g/mol. The van der Waals surface area contributed by atoms with E-state index in [0.29, 0.717) is 27.7 Å². The topological polar surface area (TPSA) is 88.2 Å². The van der Waals surface area contributed by atoms with E-state index < -0.39 is 0 Å². The molecule has 0 saturated carbocycles. The minimum atomic E-state index is -0.339. The average Bonchev–Trinajstić information content (AvgIpc) is 3.06. The van der Waals surface area contributed by atoms with Gasteiger partial charge in [0, 0.05) is 5.56 Å². The first kappa shape index (κ1) is 18.3. The fourth-order valence-electron chi connectivity index (χ4n) is 2.30. The molecule has 0 aliphatic carbocycles. The predicted molar refractivity (Wildman–Crippen MR) is 99.9 cm³/mol. The number of halogens is 1. The van der Waals surface area contributed by atoms with Gasteiger partial charge in [-0.25, -0.2) is 9.49 Å². The smallest absolute Gasteiger partial charge is 0.216 e. The molecule has 1 aromatic heterocycles. The highest BCUT2D eigenvalue weighted by Gasteiger charge is 2.09. The number of nitriles is 1. The van der Waals surface area contributed by atoms with Crippen molar-refractivity contribution in [3.8, 4) is 29.0 Å². The summed E-state index contributed by atoms with van der Waals surface area (Å²) in [5.41, 5.74) is 1.39. The van der Waals surface area contributed by atoms with Crippen LogP contribution in [0.2, 0.25) is 0 Å². The van der Waals surface area contributed by atoms with Gasteiger partial charge in [-0.3, -0.25) is 0 Å². The van der Waals surface area contributed by atoms with Gasteiger partial charge in [0.15, 0.2) is 23.9 Å². The lowest BCUT2D eigenvalue weighted by molar-refractivity contribution is 0.329. The quantitative estimate of drug-likeness (QED) is 0.520. The van der Waals surface area contributed by atoms with E-state index in [1.54, 1.807) is 36.5 Å². The van der Waals surface area contributed by atoms with Gasteiger partial charge in [0.1, 0.15) is 11.9 Å². The second-order valence-electron chi connectivity index (χ2n) is 5.27. The van der Waals surface area contributed by atoms with E-state index in [-0.39, 0.29) is 12.4 Å². The Labute approximate surface area is 159 Å². The molecule has 2 aromatic carbocycles. The van der Waals surface area contributed by atoms with Gasteiger partial charge in [-0.05, 0) is 60.2 Å². The first-order valence-corrected chi connectivity index (χ1v) is 8.18. The van der Waals surface area contributed by atoms with Gasteiger partial charge in [0.05, 0.1) is 13.3 Å². The second kappa shape index (κ2) is 8.25.